The fraction of sp³-hybridized carbons (Fsp3) is 0.263. The molecule has 0 aliphatic carbocycles. The van der Waals surface area contributed by atoms with E-state index in [-0.39, 0.29) is 11.9 Å². The zero-order valence-electron chi connectivity index (χ0n) is 13.5. The number of rotatable bonds is 5. The predicted octanol–water partition coefficient (Wildman–Crippen LogP) is 4.95. The van der Waals surface area contributed by atoms with Crippen LogP contribution < -0.4 is 9.47 Å². The molecule has 0 aliphatic rings. The van der Waals surface area contributed by atoms with Crippen LogP contribution in [-0.2, 0) is 6.61 Å². The highest BCUT2D eigenvalue weighted by molar-refractivity contribution is 5.84. The summed E-state index contributed by atoms with van der Waals surface area (Å²) in [5.41, 5.74) is 1.74. The number of benzene rings is 2. The van der Waals surface area contributed by atoms with Gasteiger partial charge in [-0.15, -0.1) is 0 Å². The monoisotopic (exact) mass is 313 g/mol. The number of methoxy groups -OCH3 is 1. The summed E-state index contributed by atoms with van der Waals surface area (Å²) in [7, 11) is 1.62. The quantitative estimate of drug-likeness (QED) is 0.665. The maximum absolute atomic E-state index is 14.3. The number of fused-ring (bicyclic) bond motifs is 1. The average molecular weight is 313 g/mol. The summed E-state index contributed by atoms with van der Waals surface area (Å²) in [6, 6.07) is 12.8. The summed E-state index contributed by atoms with van der Waals surface area (Å²) < 4.78 is 27.4. The van der Waals surface area contributed by atoms with Crippen molar-refractivity contribution in [3.63, 3.8) is 0 Å². The number of nitrogens with zero attached hydrogens (tertiary/aromatic N) is 1. The highest BCUT2D eigenvalue weighted by Gasteiger charge is 2.14. The SMILES string of the molecule is COc1cccc(OCc2cn(C(C)C)c3cccc(F)c23)c1. The molecule has 0 saturated carbocycles. The minimum Gasteiger partial charge on any atom is -0.497 e. The molecule has 1 heterocycles. The molecular formula is C19H20FNO2. The van der Waals surface area contributed by atoms with Gasteiger partial charge in [-0.1, -0.05) is 12.1 Å². The van der Waals surface area contributed by atoms with Gasteiger partial charge in [-0.2, -0.15) is 0 Å². The summed E-state index contributed by atoms with van der Waals surface area (Å²) >= 11 is 0. The minimum atomic E-state index is -0.217. The zero-order valence-corrected chi connectivity index (χ0v) is 13.5. The van der Waals surface area contributed by atoms with Crippen LogP contribution in [0.5, 0.6) is 11.5 Å². The Labute approximate surface area is 135 Å². The third-order valence-corrected chi connectivity index (χ3v) is 3.88. The van der Waals surface area contributed by atoms with Gasteiger partial charge in [-0.25, -0.2) is 4.39 Å². The van der Waals surface area contributed by atoms with Crippen molar-refractivity contribution in [3.05, 3.63) is 60.0 Å². The van der Waals surface area contributed by atoms with Crippen molar-refractivity contribution in [3.8, 4) is 11.5 Å². The summed E-state index contributed by atoms with van der Waals surface area (Å²) in [6.45, 7) is 4.47. The number of hydrogen-bond acceptors (Lipinski definition) is 2. The second kappa shape index (κ2) is 6.32. The second-order valence-corrected chi connectivity index (χ2v) is 5.76. The normalized spacial score (nSPS) is 11.2. The molecule has 0 N–H and O–H groups in total. The van der Waals surface area contributed by atoms with E-state index in [1.165, 1.54) is 6.07 Å². The van der Waals surface area contributed by atoms with E-state index in [0.29, 0.717) is 17.7 Å². The first-order chi connectivity index (χ1) is 11.1. The van der Waals surface area contributed by atoms with Crippen molar-refractivity contribution < 1.29 is 13.9 Å². The third-order valence-electron chi connectivity index (χ3n) is 3.88. The molecule has 3 rings (SSSR count). The summed E-state index contributed by atoms with van der Waals surface area (Å²) in [5.74, 6) is 1.22. The van der Waals surface area contributed by atoms with Gasteiger partial charge in [-0.3, -0.25) is 0 Å². The molecule has 3 aromatic rings. The van der Waals surface area contributed by atoms with Crippen LogP contribution >= 0.6 is 0 Å². The van der Waals surface area contributed by atoms with Gasteiger partial charge in [0.15, 0.2) is 0 Å². The first-order valence-electron chi connectivity index (χ1n) is 7.65. The molecule has 0 spiro atoms. The van der Waals surface area contributed by atoms with Crippen molar-refractivity contribution >= 4 is 10.9 Å². The van der Waals surface area contributed by atoms with Crippen LogP contribution in [0, 0.1) is 5.82 Å². The molecule has 0 saturated heterocycles. The third kappa shape index (κ3) is 3.02. The fourth-order valence-electron chi connectivity index (χ4n) is 2.74. The minimum absolute atomic E-state index is 0.217. The Hall–Kier alpha value is -2.49. The molecule has 0 amide bonds. The van der Waals surface area contributed by atoms with Crippen LogP contribution in [0.1, 0.15) is 25.5 Å². The van der Waals surface area contributed by atoms with Gasteiger partial charge in [0.1, 0.15) is 23.9 Å². The number of hydrogen-bond donors (Lipinski definition) is 0. The highest BCUT2D eigenvalue weighted by Crippen LogP contribution is 2.28. The van der Waals surface area contributed by atoms with Gasteiger partial charge >= 0.3 is 0 Å². The van der Waals surface area contributed by atoms with Crippen molar-refractivity contribution in [2.45, 2.75) is 26.5 Å². The van der Waals surface area contributed by atoms with Gasteiger partial charge in [0, 0.05) is 29.3 Å². The van der Waals surface area contributed by atoms with Crippen molar-refractivity contribution in [1.82, 2.24) is 4.57 Å². The van der Waals surface area contributed by atoms with Crippen LogP contribution in [0.15, 0.2) is 48.7 Å². The van der Waals surface area contributed by atoms with Crippen LogP contribution in [0.4, 0.5) is 4.39 Å². The Morgan fingerprint density at radius 1 is 1.09 bits per heavy atom. The van der Waals surface area contributed by atoms with Gasteiger partial charge in [-0.05, 0) is 38.1 Å². The molecule has 23 heavy (non-hydrogen) atoms. The molecule has 0 atom stereocenters. The van der Waals surface area contributed by atoms with Crippen LogP contribution in [0.25, 0.3) is 10.9 Å². The number of halogens is 1. The lowest BCUT2D eigenvalue weighted by atomic mass is 10.2. The largest absolute Gasteiger partial charge is 0.497 e. The second-order valence-electron chi connectivity index (χ2n) is 5.76. The van der Waals surface area contributed by atoms with Crippen molar-refractivity contribution in [2.24, 2.45) is 0 Å². The van der Waals surface area contributed by atoms with E-state index in [1.54, 1.807) is 13.2 Å². The molecule has 4 heteroatoms. The van der Waals surface area contributed by atoms with Crippen LogP contribution in [-0.4, -0.2) is 11.7 Å². The van der Waals surface area contributed by atoms with Crippen molar-refractivity contribution in [2.75, 3.05) is 7.11 Å². The molecule has 0 fully saturated rings. The maximum atomic E-state index is 14.3. The smallest absolute Gasteiger partial charge is 0.132 e. The van der Waals surface area contributed by atoms with E-state index in [2.05, 4.69) is 18.4 Å². The van der Waals surface area contributed by atoms with E-state index in [1.807, 2.05) is 36.5 Å². The molecule has 3 nitrogen and oxygen atoms in total. The van der Waals surface area contributed by atoms with Crippen LogP contribution in [0.3, 0.4) is 0 Å². The van der Waals surface area contributed by atoms with Gasteiger partial charge in [0.2, 0.25) is 0 Å². The molecule has 1 aromatic heterocycles. The molecule has 0 bridgehead atoms. The van der Waals surface area contributed by atoms with Crippen LogP contribution in [0.2, 0.25) is 0 Å². The Kier molecular flexibility index (Phi) is 4.24. The molecule has 0 unspecified atom stereocenters. The molecule has 0 aliphatic heterocycles. The highest BCUT2D eigenvalue weighted by atomic mass is 19.1. The van der Waals surface area contributed by atoms with Gasteiger partial charge < -0.3 is 14.0 Å². The van der Waals surface area contributed by atoms with Gasteiger partial charge in [0.25, 0.3) is 0 Å². The lowest BCUT2D eigenvalue weighted by molar-refractivity contribution is 0.304. The molecule has 2 aromatic carbocycles. The topological polar surface area (TPSA) is 23.4 Å². The first kappa shape index (κ1) is 15.4. The average Bonchev–Trinajstić information content (AvgIpc) is 2.93. The molecule has 0 radical (unpaired) electrons. The molecular weight excluding hydrogens is 293 g/mol. The summed E-state index contributed by atoms with van der Waals surface area (Å²) in [4.78, 5) is 0. The Morgan fingerprint density at radius 3 is 2.57 bits per heavy atom. The van der Waals surface area contributed by atoms with E-state index >= 15 is 0 Å². The number of aromatic nitrogens is 1. The predicted molar refractivity (Wildman–Crippen MR) is 89.6 cm³/mol. The first-order valence-corrected chi connectivity index (χ1v) is 7.65. The lowest BCUT2D eigenvalue weighted by Gasteiger charge is -2.08. The van der Waals surface area contributed by atoms with Gasteiger partial charge in [0.05, 0.1) is 12.6 Å². The van der Waals surface area contributed by atoms with E-state index in [4.69, 9.17) is 9.47 Å². The van der Waals surface area contributed by atoms with Crippen molar-refractivity contribution in [1.29, 1.82) is 0 Å². The Morgan fingerprint density at radius 2 is 1.83 bits per heavy atom. The number of ether oxygens (including phenoxy) is 2. The molecule has 120 valence electrons. The standard InChI is InChI=1S/C19H20FNO2/c1-13(2)21-11-14(19-17(20)8-5-9-18(19)21)12-23-16-7-4-6-15(10-16)22-3/h4-11,13H,12H2,1-3H3. The fourth-order valence-corrected chi connectivity index (χ4v) is 2.74. The summed E-state index contributed by atoms with van der Waals surface area (Å²) in [6.07, 6.45) is 1.97. The lowest BCUT2D eigenvalue weighted by Crippen LogP contribution is -1.98. The summed E-state index contributed by atoms with van der Waals surface area (Å²) in [5, 5.41) is 0.629. The van der Waals surface area contributed by atoms with E-state index < -0.39 is 0 Å². The maximum Gasteiger partial charge on any atom is 0.132 e. The Balaban J connectivity index is 1.93. The zero-order chi connectivity index (χ0) is 16.4. The van der Waals surface area contributed by atoms with E-state index in [0.717, 1.165) is 16.8 Å². The van der Waals surface area contributed by atoms with E-state index in [9.17, 15) is 4.39 Å². The Bertz CT molecular complexity index is 823.